The molecule has 0 radical (unpaired) electrons. The summed E-state index contributed by atoms with van der Waals surface area (Å²) in [6.45, 7) is 5.54. The predicted molar refractivity (Wildman–Crippen MR) is 85.3 cm³/mol. The van der Waals surface area contributed by atoms with Gasteiger partial charge in [-0.15, -0.1) is 0 Å². The number of nitro groups is 1. The standard InChI is InChI=1S/C15H20ClN3O3/c1-11-3-2-7-18(10-11)8-6-17-15(20)13-5-4-12(16)9-14(13)19(21)22/h4-5,9,11H,2-3,6-8,10H2,1H3,(H,17,20)/t11-/m1/s1. The Morgan fingerprint density at radius 3 is 3.00 bits per heavy atom. The Morgan fingerprint density at radius 1 is 1.55 bits per heavy atom. The van der Waals surface area contributed by atoms with E-state index in [2.05, 4.69) is 17.1 Å². The van der Waals surface area contributed by atoms with E-state index in [1.165, 1.54) is 31.0 Å². The molecule has 1 saturated heterocycles. The molecule has 22 heavy (non-hydrogen) atoms. The summed E-state index contributed by atoms with van der Waals surface area (Å²) in [6.07, 6.45) is 2.43. The van der Waals surface area contributed by atoms with Gasteiger partial charge in [0.2, 0.25) is 0 Å². The molecule has 1 heterocycles. The van der Waals surface area contributed by atoms with Crippen molar-refractivity contribution < 1.29 is 9.72 Å². The molecule has 0 spiro atoms. The quantitative estimate of drug-likeness (QED) is 0.667. The lowest BCUT2D eigenvalue weighted by Gasteiger charge is -2.30. The van der Waals surface area contributed by atoms with Crippen LogP contribution in [-0.2, 0) is 0 Å². The third-order valence-corrected chi connectivity index (χ3v) is 4.09. The zero-order chi connectivity index (χ0) is 16.1. The number of hydrogen-bond acceptors (Lipinski definition) is 4. The number of halogens is 1. The summed E-state index contributed by atoms with van der Waals surface area (Å²) in [6, 6.07) is 4.07. The van der Waals surface area contributed by atoms with Crippen molar-refractivity contribution in [1.82, 2.24) is 10.2 Å². The van der Waals surface area contributed by atoms with Crippen LogP contribution in [-0.4, -0.2) is 41.9 Å². The van der Waals surface area contributed by atoms with E-state index in [0.29, 0.717) is 12.5 Å². The molecule has 1 aliphatic heterocycles. The molecule has 0 aromatic heterocycles. The Bertz CT molecular complexity index is 565. The molecule has 0 saturated carbocycles. The average Bonchev–Trinajstić information content (AvgIpc) is 2.47. The second kappa shape index (κ2) is 7.56. The van der Waals surface area contributed by atoms with Crippen LogP contribution in [0.25, 0.3) is 0 Å². The van der Waals surface area contributed by atoms with Gasteiger partial charge in [-0.25, -0.2) is 0 Å². The van der Waals surface area contributed by atoms with Crippen molar-refractivity contribution in [2.75, 3.05) is 26.2 Å². The van der Waals surface area contributed by atoms with Gasteiger partial charge in [0.1, 0.15) is 5.56 Å². The number of carbonyl (C=O) groups is 1. The summed E-state index contributed by atoms with van der Waals surface area (Å²) < 4.78 is 0. The lowest BCUT2D eigenvalue weighted by atomic mass is 10.0. The van der Waals surface area contributed by atoms with Crippen molar-refractivity contribution in [2.24, 2.45) is 5.92 Å². The van der Waals surface area contributed by atoms with E-state index >= 15 is 0 Å². The molecule has 0 bridgehead atoms. The SMILES string of the molecule is C[C@@H]1CCCN(CCNC(=O)c2ccc(Cl)cc2[N+](=O)[O-])C1. The topological polar surface area (TPSA) is 75.5 Å². The number of likely N-dealkylation sites (tertiary alicyclic amines) is 1. The Labute approximate surface area is 134 Å². The number of amides is 1. The van der Waals surface area contributed by atoms with Crippen LogP contribution in [0.2, 0.25) is 5.02 Å². The first-order valence-electron chi connectivity index (χ1n) is 7.42. The highest BCUT2D eigenvalue weighted by atomic mass is 35.5. The molecule has 2 rings (SSSR count). The first-order chi connectivity index (χ1) is 10.5. The first kappa shape index (κ1) is 16.7. The Morgan fingerprint density at radius 2 is 2.32 bits per heavy atom. The zero-order valence-corrected chi connectivity index (χ0v) is 13.3. The third-order valence-electron chi connectivity index (χ3n) is 3.86. The molecule has 1 aromatic rings. The van der Waals surface area contributed by atoms with E-state index in [9.17, 15) is 14.9 Å². The van der Waals surface area contributed by atoms with Crippen molar-refractivity contribution in [1.29, 1.82) is 0 Å². The fourth-order valence-electron chi connectivity index (χ4n) is 2.76. The van der Waals surface area contributed by atoms with Gasteiger partial charge in [-0.3, -0.25) is 14.9 Å². The van der Waals surface area contributed by atoms with Gasteiger partial charge in [-0.05, 0) is 37.4 Å². The van der Waals surface area contributed by atoms with Gasteiger partial charge in [-0.2, -0.15) is 0 Å². The molecule has 1 amide bonds. The van der Waals surface area contributed by atoms with Crippen LogP contribution in [0.4, 0.5) is 5.69 Å². The lowest BCUT2D eigenvalue weighted by Crippen LogP contribution is -2.40. The van der Waals surface area contributed by atoms with Crippen molar-refractivity contribution in [3.05, 3.63) is 38.9 Å². The lowest BCUT2D eigenvalue weighted by molar-refractivity contribution is -0.385. The third kappa shape index (κ3) is 4.42. The van der Waals surface area contributed by atoms with Crippen LogP contribution >= 0.6 is 11.6 Å². The van der Waals surface area contributed by atoms with Gasteiger partial charge < -0.3 is 10.2 Å². The highest BCUT2D eigenvalue weighted by Crippen LogP contribution is 2.23. The summed E-state index contributed by atoms with van der Waals surface area (Å²) in [5, 5.41) is 14.0. The van der Waals surface area contributed by atoms with Crippen molar-refractivity contribution in [2.45, 2.75) is 19.8 Å². The molecule has 0 aliphatic carbocycles. The van der Waals surface area contributed by atoms with Crippen LogP contribution in [0.15, 0.2) is 18.2 Å². The number of carbonyl (C=O) groups excluding carboxylic acids is 1. The first-order valence-corrected chi connectivity index (χ1v) is 7.79. The normalized spacial score (nSPS) is 18.9. The second-order valence-electron chi connectivity index (χ2n) is 5.72. The van der Waals surface area contributed by atoms with Crippen LogP contribution in [0, 0.1) is 16.0 Å². The fraction of sp³-hybridized carbons (Fsp3) is 0.533. The van der Waals surface area contributed by atoms with Crippen LogP contribution < -0.4 is 5.32 Å². The van der Waals surface area contributed by atoms with Gasteiger partial charge in [-0.1, -0.05) is 18.5 Å². The molecule has 1 aliphatic rings. The maximum Gasteiger partial charge on any atom is 0.283 e. The van der Waals surface area contributed by atoms with Gasteiger partial charge in [0.05, 0.1) is 4.92 Å². The summed E-state index contributed by atoms with van der Waals surface area (Å²) in [4.78, 5) is 24.8. The minimum Gasteiger partial charge on any atom is -0.351 e. The van der Waals surface area contributed by atoms with Gasteiger partial charge in [0.15, 0.2) is 0 Å². The van der Waals surface area contributed by atoms with E-state index in [0.717, 1.165) is 19.6 Å². The highest BCUT2D eigenvalue weighted by molar-refractivity contribution is 6.31. The Balaban J connectivity index is 1.91. The van der Waals surface area contributed by atoms with Crippen molar-refractivity contribution in [3.8, 4) is 0 Å². The van der Waals surface area contributed by atoms with Gasteiger partial charge >= 0.3 is 0 Å². The summed E-state index contributed by atoms with van der Waals surface area (Å²) in [5.74, 6) is 0.246. The number of hydrogen-bond donors (Lipinski definition) is 1. The molecule has 0 unspecified atom stereocenters. The summed E-state index contributed by atoms with van der Waals surface area (Å²) >= 11 is 5.74. The Kier molecular flexibility index (Phi) is 5.74. The van der Waals surface area contributed by atoms with E-state index in [4.69, 9.17) is 11.6 Å². The molecule has 1 fully saturated rings. The Hall–Kier alpha value is -1.66. The fourth-order valence-corrected chi connectivity index (χ4v) is 2.93. The van der Waals surface area contributed by atoms with E-state index in [-0.39, 0.29) is 16.3 Å². The number of benzene rings is 1. The van der Waals surface area contributed by atoms with E-state index < -0.39 is 10.8 Å². The van der Waals surface area contributed by atoms with Gasteiger partial charge in [0.25, 0.3) is 11.6 Å². The molecule has 1 N–H and O–H groups in total. The summed E-state index contributed by atoms with van der Waals surface area (Å²) in [5.41, 5.74) is -0.224. The minimum atomic E-state index is -0.590. The van der Waals surface area contributed by atoms with Crippen molar-refractivity contribution >= 4 is 23.2 Å². The second-order valence-corrected chi connectivity index (χ2v) is 6.16. The number of nitrogens with one attached hydrogen (secondary N) is 1. The van der Waals surface area contributed by atoms with Crippen LogP contribution in [0.1, 0.15) is 30.1 Å². The van der Waals surface area contributed by atoms with Crippen LogP contribution in [0.3, 0.4) is 0 Å². The van der Waals surface area contributed by atoms with Gasteiger partial charge in [0, 0.05) is 30.7 Å². The molecular formula is C15H20ClN3O3. The number of nitrogens with zero attached hydrogens (tertiary/aromatic N) is 2. The zero-order valence-electron chi connectivity index (χ0n) is 12.5. The number of piperidine rings is 1. The molecule has 120 valence electrons. The number of rotatable bonds is 5. The van der Waals surface area contributed by atoms with Crippen LogP contribution in [0.5, 0.6) is 0 Å². The number of nitro benzene ring substituents is 1. The van der Waals surface area contributed by atoms with E-state index in [1.807, 2.05) is 0 Å². The molecular weight excluding hydrogens is 306 g/mol. The molecule has 1 atom stereocenters. The molecule has 7 heteroatoms. The van der Waals surface area contributed by atoms with E-state index in [1.54, 1.807) is 0 Å². The maximum atomic E-state index is 12.1. The predicted octanol–water partition coefficient (Wildman–Crippen LogP) is 2.71. The minimum absolute atomic E-state index is 0.0430. The highest BCUT2D eigenvalue weighted by Gasteiger charge is 2.21. The smallest absolute Gasteiger partial charge is 0.283 e. The maximum absolute atomic E-state index is 12.1. The average molecular weight is 326 g/mol. The molecule has 6 nitrogen and oxygen atoms in total. The monoisotopic (exact) mass is 325 g/mol. The van der Waals surface area contributed by atoms with Crippen molar-refractivity contribution in [3.63, 3.8) is 0 Å². The largest absolute Gasteiger partial charge is 0.351 e. The molecule has 1 aromatic carbocycles. The summed E-state index contributed by atoms with van der Waals surface area (Å²) in [7, 11) is 0.